The highest BCUT2D eigenvalue weighted by Gasteiger charge is 2.31. The average Bonchev–Trinajstić information content (AvgIpc) is 2.83. The summed E-state index contributed by atoms with van der Waals surface area (Å²) in [6.07, 6.45) is 1.71. The summed E-state index contributed by atoms with van der Waals surface area (Å²) in [7, 11) is 1.55. The summed E-state index contributed by atoms with van der Waals surface area (Å²) in [5.74, 6) is 0.609. The van der Waals surface area contributed by atoms with Gasteiger partial charge in [0.2, 0.25) is 0 Å². The second-order valence-corrected chi connectivity index (χ2v) is 5.63. The van der Waals surface area contributed by atoms with E-state index in [1.807, 2.05) is 39.0 Å². The van der Waals surface area contributed by atoms with E-state index in [1.54, 1.807) is 19.4 Å². The molecule has 0 aliphatic heterocycles. The number of methoxy groups -OCH3 is 1. The van der Waals surface area contributed by atoms with Crippen LogP contribution in [0.2, 0.25) is 0 Å². The van der Waals surface area contributed by atoms with E-state index in [4.69, 9.17) is 4.74 Å². The number of benzene rings is 1. The van der Waals surface area contributed by atoms with Crippen LogP contribution in [0.25, 0.3) is 11.3 Å². The molecule has 1 aromatic carbocycles. The molecule has 5 heteroatoms. The lowest BCUT2D eigenvalue weighted by Gasteiger charge is -2.15. The lowest BCUT2D eigenvalue weighted by molar-refractivity contribution is -0.385. The van der Waals surface area contributed by atoms with Crippen LogP contribution in [-0.2, 0) is 5.41 Å². The van der Waals surface area contributed by atoms with E-state index in [0.717, 1.165) is 0 Å². The Hall–Kier alpha value is -2.30. The molecule has 0 aliphatic rings. The first-order chi connectivity index (χ1) is 9.36. The van der Waals surface area contributed by atoms with Crippen LogP contribution in [0.15, 0.2) is 30.5 Å². The maximum Gasteiger partial charge on any atom is 0.298 e. The lowest BCUT2D eigenvalue weighted by atomic mass is 9.87. The molecule has 0 unspecified atom stereocenters. The summed E-state index contributed by atoms with van der Waals surface area (Å²) in [6.45, 7) is 5.86. The molecule has 20 heavy (non-hydrogen) atoms. The quantitative estimate of drug-likeness (QED) is 0.681. The van der Waals surface area contributed by atoms with Crippen LogP contribution < -0.4 is 4.74 Å². The molecule has 0 fully saturated rings. The molecule has 2 rings (SSSR count). The van der Waals surface area contributed by atoms with Crippen LogP contribution in [0.3, 0.4) is 0 Å². The van der Waals surface area contributed by atoms with Gasteiger partial charge >= 0.3 is 0 Å². The number of rotatable bonds is 3. The first-order valence-electron chi connectivity index (χ1n) is 6.36. The highest BCUT2D eigenvalue weighted by atomic mass is 16.6. The first-order valence-corrected chi connectivity index (χ1v) is 6.36. The molecule has 0 amide bonds. The number of nitrogens with one attached hydrogen (secondary N) is 1. The number of nitro groups is 1. The maximum absolute atomic E-state index is 11.5. The van der Waals surface area contributed by atoms with Gasteiger partial charge in [-0.05, 0) is 17.5 Å². The normalized spacial score (nSPS) is 11.4. The van der Waals surface area contributed by atoms with Crippen molar-refractivity contribution >= 4 is 5.69 Å². The molecule has 106 valence electrons. The zero-order valence-electron chi connectivity index (χ0n) is 12.1. The van der Waals surface area contributed by atoms with Crippen molar-refractivity contribution in [2.24, 2.45) is 0 Å². The van der Waals surface area contributed by atoms with Gasteiger partial charge in [-0.15, -0.1) is 0 Å². The fourth-order valence-corrected chi connectivity index (χ4v) is 2.23. The molecular weight excluding hydrogens is 256 g/mol. The Balaban J connectivity index is 2.70. The number of ether oxygens (including phenoxy) is 1. The van der Waals surface area contributed by atoms with Crippen molar-refractivity contribution in [2.45, 2.75) is 26.2 Å². The second kappa shape index (κ2) is 5.00. The Bertz CT molecular complexity index is 639. The molecule has 0 saturated heterocycles. The number of hydrogen-bond acceptors (Lipinski definition) is 3. The van der Waals surface area contributed by atoms with Crippen molar-refractivity contribution < 1.29 is 9.66 Å². The molecule has 0 atom stereocenters. The van der Waals surface area contributed by atoms with Gasteiger partial charge in [-0.3, -0.25) is 10.1 Å². The molecule has 0 aliphatic carbocycles. The number of H-pyrrole nitrogens is 1. The topological polar surface area (TPSA) is 68.2 Å². The van der Waals surface area contributed by atoms with Crippen LogP contribution in [0.5, 0.6) is 5.75 Å². The monoisotopic (exact) mass is 274 g/mol. The van der Waals surface area contributed by atoms with Crippen molar-refractivity contribution in [3.8, 4) is 17.0 Å². The van der Waals surface area contributed by atoms with Gasteiger partial charge in [-0.25, -0.2) is 0 Å². The van der Waals surface area contributed by atoms with Gasteiger partial charge < -0.3 is 9.72 Å². The Morgan fingerprint density at radius 3 is 2.45 bits per heavy atom. The van der Waals surface area contributed by atoms with Gasteiger partial charge in [0, 0.05) is 11.8 Å². The number of hydrogen-bond donors (Lipinski definition) is 1. The van der Waals surface area contributed by atoms with E-state index in [0.29, 0.717) is 22.6 Å². The standard InChI is InChI=1S/C15H18N2O3/c1-15(2,3)11-9-16-13(14(11)17(18)19)10-7-5-6-8-12(10)20-4/h5-9,16H,1-4H3. The Kier molecular flexibility index (Phi) is 3.53. The van der Waals surface area contributed by atoms with Crippen LogP contribution in [0, 0.1) is 10.1 Å². The lowest BCUT2D eigenvalue weighted by Crippen LogP contribution is -2.12. The molecule has 0 spiro atoms. The second-order valence-electron chi connectivity index (χ2n) is 5.63. The van der Waals surface area contributed by atoms with Crippen LogP contribution >= 0.6 is 0 Å². The van der Waals surface area contributed by atoms with Gasteiger partial charge in [-0.1, -0.05) is 32.9 Å². The third-order valence-corrected chi connectivity index (χ3v) is 3.22. The third-order valence-electron chi connectivity index (χ3n) is 3.22. The number of para-hydroxylation sites is 1. The number of aromatic nitrogens is 1. The summed E-state index contributed by atoms with van der Waals surface area (Å²) >= 11 is 0. The van der Waals surface area contributed by atoms with E-state index in [-0.39, 0.29) is 16.0 Å². The Morgan fingerprint density at radius 1 is 1.25 bits per heavy atom. The fraction of sp³-hybridized carbons (Fsp3) is 0.333. The summed E-state index contributed by atoms with van der Waals surface area (Å²) < 4.78 is 5.29. The minimum Gasteiger partial charge on any atom is -0.496 e. The smallest absolute Gasteiger partial charge is 0.298 e. The van der Waals surface area contributed by atoms with Gasteiger partial charge in [-0.2, -0.15) is 0 Å². The van der Waals surface area contributed by atoms with Crippen LogP contribution in [0.4, 0.5) is 5.69 Å². The van der Waals surface area contributed by atoms with E-state index in [2.05, 4.69) is 4.98 Å². The van der Waals surface area contributed by atoms with E-state index < -0.39 is 0 Å². The molecule has 1 heterocycles. The molecule has 1 N–H and O–H groups in total. The fourth-order valence-electron chi connectivity index (χ4n) is 2.23. The zero-order chi connectivity index (χ0) is 14.9. The van der Waals surface area contributed by atoms with Crippen LogP contribution in [0.1, 0.15) is 26.3 Å². The molecule has 0 bridgehead atoms. The molecule has 5 nitrogen and oxygen atoms in total. The average molecular weight is 274 g/mol. The number of nitrogens with zero attached hydrogens (tertiary/aromatic N) is 1. The van der Waals surface area contributed by atoms with Crippen LogP contribution in [-0.4, -0.2) is 17.0 Å². The molecule has 2 aromatic rings. The predicted molar refractivity (Wildman–Crippen MR) is 78.1 cm³/mol. The van der Waals surface area contributed by atoms with Gasteiger partial charge in [0.25, 0.3) is 5.69 Å². The third kappa shape index (κ3) is 2.39. The van der Waals surface area contributed by atoms with E-state index >= 15 is 0 Å². The summed E-state index contributed by atoms with van der Waals surface area (Å²) in [5.41, 5.74) is 1.67. The maximum atomic E-state index is 11.5. The van der Waals surface area contributed by atoms with Crippen molar-refractivity contribution in [2.75, 3.05) is 7.11 Å². The van der Waals surface area contributed by atoms with Crippen molar-refractivity contribution in [3.63, 3.8) is 0 Å². The van der Waals surface area contributed by atoms with Gasteiger partial charge in [0.1, 0.15) is 11.4 Å². The van der Waals surface area contributed by atoms with Crippen molar-refractivity contribution in [1.29, 1.82) is 0 Å². The Labute approximate surface area is 117 Å². The highest BCUT2D eigenvalue weighted by Crippen LogP contribution is 2.41. The first kappa shape index (κ1) is 14.1. The minimum absolute atomic E-state index is 0.113. The van der Waals surface area contributed by atoms with E-state index in [1.165, 1.54) is 0 Å². The van der Waals surface area contributed by atoms with Gasteiger partial charge in [0.15, 0.2) is 0 Å². The zero-order valence-corrected chi connectivity index (χ0v) is 12.1. The minimum atomic E-state index is -0.334. The molecule has 0 radical (unpaired) electrons. The highest BCUT2D eigenvalue weighted by molar-refractivity contribution is 5.77. The molecule has 0 saturated carbocycles. The molecular formula is C15H18N2O3. The SMILES string of the molecule is COc1ccccc1-c1[nH]cc(C(C)(C)C)c1[N+](=O)[O-]. The summed E-state index contributed by atoms with van der Waals surface area (Å²) in [5, 5.41) is 11.5. The van der Waals surface area contributed by atoms with Crippen molar-refractivity contribution in [3.05, 3.63) is 46.1 Å². The number of aromatic amines is 1. The van der Waals surface area contributed by atoms with Crippen molar-refractivity contribution in [1.82, 2.24) is 4.98 Å². The predicted octanol–water partition coefficient (Wildman–Crippen LogP) is 3.90. The summed E-state index contributed by atoms with van der Waals surface area (Å²) in [6, 6.07) is 7.27. The molecule has 1 aromatic heterocycles. The van der Waals surface area contributed by atoms with Gasteiger partial charge in [0.05, 0.1) is 17.6 Å². The largest absolute Gasteiger partial charge is 0.496 e. The Morgan fingerprint density at radius 2 is 1.90 bits per heavy atom. The van der Waals surface area contributed by atoms with E-state index in [9.17, 15) is 10.1 Å². The summed E-state index contributed by atoms with van der Waals surface area (Å²) in [4.78, 5) is 14.2.